The molecular weight excluding hydrogens is 272 g/mol. The molecule has 1 aliphatic rings. The SMILES string of the molecule is O=C(O)C(c1ccccc1)(c1ccccc1)C1CCCCC1. The van der Waals surface area contributed by atoms with Crippen molar-refractivity contribution >= 4 is 5.97 Å². The van der Waals surface area contributed by atoms with Crippen molar-refractivity contribution in [2.45, 2.75) is 37.5 Å². The highest BCUT2D eigenvalue weighted by Crippen LogP contribution is 2.46. The van der Waals surface area contributed by atoms with Gasteiger partial charge in [0.15, 0.2) is 0 Å². The van der Waals surface area contributed by atoms with Crippen LogP contribution in [0.25, 0.3) is 0 Å². The Kier molecular flexibility index (Phi) is 4.28. The third kappa shape index (κ3) is 2.43. The normalized spacial score (nSPS) is 16.4. The number of carboxylic acid groups (broad SMARTS) is 1. The number of aliphatic carboxylic acids is 1. The molecule has 114 valence electrons. The number of carboxylic acids is 1. The smallest absolute Gasteiger partial charge is 0.318 e. The van der Waals surface area contributed by atoms with E-state index in [0.717, 1.165) is 36.8 Å². The fourth-order valence-corrected chi connectivity index (χ4v) is 4.00. The summed E-state index contributed by atoms with van der Waals surface area (Å²) in [5, 5.41) is 10.3. The van der Waals surface area contributed by atoms with Crippen molar-refractivity contribution in [2.75, 3.05) is 0 Å². The average Bonchev–Trinajstić information content (AvgIpc) is 2.58. The average molecular weight is 294 g/mol. The molecule has 1 saturated carbocycles. The van der Waals surface area contributed by atoms with Crippen LogP contribution in [-0.4, -0.2) is 11.1 Å². The minimum atomic E-state index is -0.928. The maximum atomic E-state index is 12.5. The Morgan fingerprint density at radius 3 is 1.68 bits per heavy atom. The lowest BCUT2D eigenvalue weighted by molar-refractivity contribution is -0.144. The third-order valence-corrected chi connectivity index (χ3v) is 5.01. The molecule has 1 fully saturated rings. The molecule has 0 saturated heterocycles. The van der Waals surface area contributed by atoms with E-state index in [9.17, 15) is 9.90 Å². The summed E-state index contributed by atoms with van der Waals surface area (Å²) in [5.41, 5.74) is 0.879. The van der Waals surface area contributed by atoms with Crippen LogP contribution < -0.4 is 0 Å². The van der Waals surface area contributed by atoms with Crippen LogP contribution in [0.5, 0.6) is 0 Å². The van der Waals surface area contributed by atoms with Gasteiger partial charge in [0.2, 0.25) is 0 Å². The second-order valence-electron chi connectivity index (χ2n) is 6.18. The highest BCUT2D eigenvalue weighted by Gasteiger charge is 2.48. The monoisotopic (exact) mass is 294 g/mol. The summed E-state index contributed by atoms with van der Waals surface area (Å²) in [4.78, 5) is 12.5. The van der Waals surface area contributed by atoms with Crippen molar-refractivity contribution in [2.24, 2.45) is 5.92 Å². The Morgan fingerprint density at radius 2 is 1.27 bits per heavy atom. The van der Waals surface area contributed by atoms with Gasteiger partial charge in [0.25, 0.3) is 0 Å². The van der Waals surface area contributed by atoms with Gasteiger partial charge < -0.3 is 5.11 Å². The van der Waals surface area contributed by atoms with Crippen LogP contribution in [0.3, 0.4) is 0 Å². The second kappa shape index (κ2) is 6.35. The van der Waals surface area contributed by atoms with Gasteiger partial charge in [-0.25, -0.2) is 0 Å². The molecule has 2 aromatic carbocycles. The molecule has 1 aliphatic carbocycles. The standard InChI is InChI=1S/C20H22O2/c21-19(22)20(16-10-4-1-5-11-16,17-12-6-2-7-13-17)18-14-8-3-9-15-18/h1-2,4-7,10-13,18H,3,8-9,14-15H2,(H,21,22). The van der Waals surface area contributed by atoms with Crippen LogP contribution in [-0.2, 0) is 10.2 Å². The number of rotatable bonds is 4. The topological polar surface area (TPSA) is 37.3 Å². The largest absolute Gasteiger partial charge is 0.480 e. The molecule has 0 amide bonds. The first-order valence-electron chi connectivity index (χ1n) is 8.10. The Balaban J connectivity index is 2.21. The van der Waals surface area contributed by atoms with Crippen molar-refractivity contribution < 1.29 is 9.90 Å². The molecule has 0 unspecified atom stereocenters. The van der Waals surface area contributed by atoms with Gasteiger partial charge in [0, 0.05) is 0 Å². The van der Waals surface area contributed by atoms with Crippen molar-refractivity contribution in [1.29, 1.82) is 0 Å². The fourth-order valence-electron chi connectivity index (χ4n) is 4.00. The van der Waals surface area contributed by atoms with Crippen LogP contribution in [0.1, 0.15) is 43.2 Å². The molecule has 2 aromatic rings. The third-order valence-electron chi connectivity index (χ3n) is 5.01. The molecule has 0 heterocycles. The first-order chi connectivity index (χ1) is 10.8. The van der Waals surface area contributed by atoms with Crippen LogP contribution in [0.15, 0.2) is 60.7 Å². The van der Waals surface area contributed by atoms with Crippen LogP contribution in [0.2, 0.25) is 0 Å². The summed E-state index contributed by atoms with van der Waals surface area (Å²) < 4.78 is 0. The quantitative estimate of drug-likeness (QED) is 0.892. The molecule has 1 N–H and O–H groups in total. The van der Waals surface area contributed by atoms with Gasteiger partial charge >= 0.3 is 5.97 Å². The molecule has 0 aromatic heterocycles. The van der Waals surface area contributed by atoms with E-state index >= 15 is 0 Å². The lowest BCUT2D eigenvalue weighted by Crippen LogP contribution is -2.45. The summed E-state index contributed by atoms with van der Waals surface area (Å²) in [6.07, 6.45) is 5.43. The first-order valence-corrected chi connectivity index (χ1v) is 8.10. The molecule has 2 heteroatoms. The molecule has 0 aliphatic heterocycles. The molecule has 22 heavy (non-hydrogen) atoms. The Bertz CT molecular complexity index is 573. The number of carbonyl (C=O) groups is 1. The maximum Gasteiger partial charge on any atom is 0.318 e. The second-order valence-corrected chi connectivity index (χ2v) is 6.18. The molecule has 0 radical (unpaired) electrons. The van der Waals surface area contributed by atoms with Crippen molar-refractivity contribution in [3.05, 3.63) is 71.8 Å². The lowest BCUT2D eigenvalue weighted by atomic mass is 9.61. The number of hydrogen-bond donors (Lipinski definition) is 1. The first kappa shape index (κ1) is 14.8. The molecule has 2 nitrogen and oxygen atoms in total. The Hall–Kier alpha value is -2.09. The van der Waals surface area contributed by atoms with E-state index in [1.165, 1.54) is 6.42 Å². The van der Waals surface area contributed by atoms with Crippen LogP contribution in [0.4, 0.5) is 0 Å². The predicted molar refractivity (Wildman–Crippen MR) is 87.9 cm³/mol. The van der Waals surface area contributed by atoms with E-state index < -0.39 is 11.4 Å². The van der Waals surface area contributed by atoms with Crippen LogP contribution >= 0.6 is 0 Å². The molecular formula is C20H22O2. The van der Waals surface area contributed by atoms with Crippen molar-refractivity contribution in [1.82, 2.24) is 0 Å². The number of hydrogen-bond acceptors (Lipinski definition) is 1. The zero-order valence-electron chi connectivity index (χ0n) is 12.7. The summed E-state index contributed by atoms with van der Waals surface area (Å²) >= 11 is 0. The van der Waals surface area contributed by atoms with E-state index in [1.807, 2.05) is 60.7 Å². The maximum absolute atomic E-state index is 12.5. The summed E-state index contributed by atoms with van der Waals surface area (Å²) in [6, 6.07) is 19.5. The highest BCUT2D eigenvalue weighted by molar-refractivity contribution is 5.86. The molecule has 3 rings (SSSR count). The fraction of sp³-hybridized carbons (Fsp3) is 0.350. The van der Waals surface area contributed by atoms with E-state index in [1.54, 1.807) is 0 Å². The zero-order chi connectivity index (χ0) is 15.4. The van der Waals surface area contributed by atoms with Gasteiger partial charge in [-0.05, 0) is 29.9 Å². The molecule has 0 spiro atoms. The Labute approximate surface area is 131 Å². The van der Waals surface area contributed by atoms with E-state index in [4.69, 9.17) is 0 Å². The summed E-state index contributed by atoms with van der Waals surface area (Å²) in [5.74, 6) is -0.569. The van der Waals surface area contributed by atoms with E-state index in [0.29, 0.717) is 0 Å². The van der Waals surface area contributed by atoms with E-state index in [2.05, 4.69) is 0 Å². The summed E-state index contributed by atoms with van der Waals surface area (Å²) in [6.45, 7) is 0. The number of benzene rings is 2. The minimum absolute atomic E-state index is 0.156. The zero-order valence-corrected chi connectivity index (χ0v) is 12.7. The highest BCUT2D eigenvalue weighted by atomic mass is 16.4. The van der Waals surface area contributed by atoms with Gasteiger partial charge in [-0.1, -0.05) is 79.9 Å². The van der Waals surface area contributed by atoms with Gasteiger partial charge in [0.05, 0.1) is 0 Å². The summed E-state index contributed by atoms with van der Waals surface area (Å²) in [7, 11) is 0. The van der Waals surface area contributed by atoms with Crippen LogP contribution in [0, 0.1) is 5.92 Å². The van der Waals surface area contributed by atoms with Crippen molar-refractivity contribution in [3.8, 4) is 0 Å². The van der Waals surface area contributed by atoms with E-state index in [-0.39, 0.29) is 5.92 Å². The minimum Gasteiger partial charge on any atom is -0.480 e. The molecule has 0 bridgehead atoms. The van der Waals surface area contributed by atoms with Gasteiger partial charge in [-0.2, -0.15) is 0 Å². The van der Waals surface area contributed by atoms with Gasteiger partial charge in [0.1, 0.15) is 5.41 Å². The molecule has 0 atom stereocenters. The predicted octanol–water partition coefficient (Wildman–Crippen LogP) is 4.64. The van der Waals surface area contributed by atoms with Gasteiger partial charge in [-0.15, -0.1) is 0 Å². The lowest BCUT2D eigenvalue weighted by Gasteiger charge is -2.40. The van der Waals surface area contributed by atoms with Gasteiger partial charge in [-0.3, -0.25) is 4.79 Å². The van der Waals surface area contributed by atoms with Crippen molar-refractivity contribution in [3.63, 3.8) is 0 Å². The Morgan fingerprint density at radius 1 is 0.818 bits per heavy atom.